The van der Waals surface area contributed by atoms with Gasteiger partial charge in [-0.05, 0) is 50.2 Å². The van der Waals surface area contributed by atoms with Gasteiger partial charge in [-0.2, -0.15) is 5.10 Å². The van der Waals surface area contributed by atoms with Crippen molar-refractivity contribution in [2.45, 2.75) is 13.8 Å². The van der Waals surface area contributed by atoms with Crippen molar-refractivity contribution in [3.63, 3.8) is 0 Å². The molecule has 0 atom stereocenters. The third kappa shape index (κ3) is 3.83. The number of aromatic nitrogens is 2. The van der Waals surface area contributed by atoms with E-state index in [0.717, 1.165) is 11.4 Å². The Morgan fingerprint density at radius 3 is 2.30 bits per heavy atom. The van der Waals surface area contributed by atoms with Gasteiger partial charge in [0.1, 0.15) is 5.82 Å². The molecule has 1 amide bonds. The highest BCUT2D eigenvalue weighted by atomic mass is 19.1. The lowest BCUT2D eigenvalue weighted by atomic mass is 10.1. The van der Waals surface area contributed by atoms with Crippen LogP contribution in [0.3, 0.4) is 0 Å². The zero-order valence-corrected chi connectivity index (χ0v) is 17.0. The van der Waals surface area contributed by atoms with E-state index < -0.39 is 5.82 Å². The molecular formula is C23H23FN4O2. The smallest absolute Gasteiger partial charge is 0.274 e. The number of halogens is 1. The summed E-state index contributed by atoms with van der Waals surface area (Å²) in [7, 11) is 0. The number of para-hydroxylation sites is 1. The fourth-order valence-electron chi connectivity index (χ4n) is 3.70. The van der Waals surface area contributed by atoms with Crippen molar-refractivity contribution in [2.75, 3.05) is 31.1 Å². The molecule has 1 saturated heterocycles. The average Bonchev–Trinajstić information content (AvgIpc) is 3.15. The molecule has 30 heavy (non-hydrogen) atoms. The summed E-state index contributed by atoms with van der Waals surface area (Å²) in [4.78, 5) is 28.0. The Balaban J connectivity index is 1.45. The quantitative estimate of drug-likeness (QED) is 0.623. The zero-order valence-electron chi connectivity index (χ0n) is 17.0. The summed E-state index contributed by atoms with van der Waals surface area (Å²) in [5.74, 6) is -0.708. The standard InChI is InChI=1S/C23H23FN4O2/c1-16-14-21(25-28(16)19-6-4-3-5-7-19)23(30)27-12-10-26(11-13-27)22-9-8-18(17(2)29)15-20(22)24/h3-9,14-15H,10-13H2,1-2H3. The van der Waals surface area contributed by atoms with Crippen molar-refractivity contribution in [1.29, 1.82) is 0 Å². The van der Waals surface area contributed by atoms with Crippen molar-refractivity contribution in [3.8, 4) is 5.69 Å². The first-order chi connectivity index (χ1) is 14.4. The molecule has 0 unspecified atom stereocenters. The summed E-state index contributed by atoms with van der Waals surface area (Å²) < 4.78 is 16.2. The van der Waals surface area contributed by atoms with E-state index >= 15 is 0 Å². The highest BCUT2D eigenvalue weighted by Gasteiger charge is 2.26. The molecule has 0 saturated carbocycles. The van der Waals surface area contributed by atoms with E-state index in [9.17, 15) is 14.0 Å². The van der Waals surface area contributed by atoms with E-state index in [-0.39, 0.29) is 11.7 Å². The molecular weight excluding hydrogens is 383 g/mol. The number of anilines is 1. The van der Waals surface area contributed by atoms with Crippen molar-refractivity contribution in [1.82, 2.24) is 14.7 Å². The Morgan fingerprint density at radius 1 is 0.967 bits per heavy atom. The van der Waals surface area contributed by atoms with E-state index in [4.69, 9.17) is 0 Å². The fourth-order valence-corrected chi connectivity index (χ4v) is 3.70. The molecule has 0 bridgehead atoms. The largest absolute Gasteiger partial charge is 0.366 e. The Labute approximate surface area is 174 Å². The van der Waals surface area contributed by atoms with E-state index in [2.05, 4.69) is 5.10 Å². The minimum Gasteiger partial charge on any atom is -0.366 e. The summed E-state index contributed by atoms with van der Waals surface area (Å²) in [6.07, 6.45) is 0. The van der Waals surface area contributed by atoms with Crippen molar-refractivity contribution >= 4 is 17.4 Å². The second-order valence-corrected chi connectivity index (χ2v) is 7.42. The lowest BCUT2D eigenvalue weighted by Crippen LogP contribution is -2.49. The van der Waals surface area contributed by atoms with E-state index in [0.29, 0.717) is 43.1 Å². The number of piperazine rings is 1. The molecule has 1 aliphatic rings. The zero-order chi connectivity index (χ0) is 21.3. The lowest BCUT2D eigenvalue weighted by Gasteiger charge is -2.36. The number of hydrogen-bond acceptors (Lipinski definition) is 4. The molecule has 3 aromatic rings. The Hall–Kier alpha value is -3.48. The number of Topliss-reactive ketones (excluding diaryl/α,β-unsaturated/α-hetero) is 1. The van der Waals surface area contributed by atoms with Crippen LogP contribution in [0.25, 0.3) is 5.69 Å². The Bertz CT molecular complexity index is 1090. The van der Waals surface area contributed by atoms with Crippen LogP contribution in [-0.4, -0.2) is 52.5 Å². The van der Waals surface area contributed by atoms with Gasteiger partial charge in [0.2, 0.25) is 0 Å². The number of nitrogens with zero attached hydrogens (tertiary/aromatic N) is 4. The number of carbonyl (C=O) groups excluding carboxylic acids is 2. The van der Waals surface area contributed by atoms with Gasteiger partial charge in [0.05, 0.1) is 11.4 Å². The van der Waals surface area contributed by atoms with Crippen molar-refractivity contribution in [3.05, 3.63) is 77.4 Å². The highest BCUT2D eigenvalue weighted by Crippen LogP contribution is 2.23. The third-order valence-electron chi connectivity index (χ3n) is 5.37. The predicted molar refractivity (Wildman–Crippen MR) is 113 cm³/mol. The predicted octanol–water partition coefficient (Wildman–Crippen LogP) is 3.48. The van der Waals surface area contributed by atoms with E-state index in [1.165, 1.54) is 13.0 Å². The van der Waals surface area contributed by atoms with Gasteiger partial charge in [0.25, 0.3) is 5.91 Å². The van der Waals surface area contributed by atoms with Crippen LogP contribution in [0.4, 0.5) is 10.1 Å². The molecule has 2 aromatic carbocycles. The molecule has 6 nitrogen and oxygen atoms in total. The molecule has 2 heterocycles. The molecule has 1 fully saturated rings. The molecule has 0 aliphatic carbocycles. The van der Waals surface area contributed by atoms with Gasteiger partial charge in [-0.3, -0.25) is 9.59 Å². The number of ketones is 1. The lowest BCUT2D eigenvalue weighted by molar-refractivity contribution is 0.0740. The number of hydrogen-bond donors (Lipinski definition) is 0. The van der Waals surface area contributed by atoms with Gasteiger partial charge < -0.3 is 9.80 Å². The Morgan fingerprint density at radius 2 is 1.67 bits per heavy atom. The van der Waals surface area contributed by atoms with Gasteiger partial charge in [-0.15, -0.1) is 0 Å². The highest BCUT2D eigenvalue weighted by molar-refractivity contribution is 5.94. The van der Waals surface area contributed by atoms with Crippen LogP contribution in [0.2, 0.25) is 0 Å². The summed E-state index contributed by atoms with van der Waals surface area (Å²) in [5.41, 5.74) is 3.01. The van der Waals surface area contributed by atoms with Gasteiger partial charge in [0, 0.05) is 37.4 Å². The van der Waals surface area contributed by atoms with Crippen LogP contribution >= 0.6 is 0 Å². The van der Waals surface area contributed by atoms with Gasteiger partial charge >= 0.3 is 0 Å². The monoisotopic (exact) mass is 406 g/mol. The molecule has 0 spiro atoms. The average molecular weight is 406 g/mol. The van der Waals surface area contributed by atoms with Gasteiger partial charge in [-0.1, -0.05) is 18.2 Å². The third-order valence-corrected chi connectivity index (χ3v) is 5.37. The maximum Gasteiger partial charge on any atom is 0.274 e. The minimum absolute atomic E-state index is 0.125. The first-order valence-electron chi connectivity index (χ1n) is 9.91. The van der Waals surface area contributed by atoms with Crippen molar-refractivity contribution in [2.24, 2.45) is 0 Å². The van der Waals surface area contributed by atoms with E-state index in [1.54, 1.807) is 27.8 Å². The van der Waals surface area contributed by atoms with Crippen LogP contribution < -0.4 is 4.90 Å². The number of amides is 1. The number of rotatable bonds is 4. The molecule has 1 aliphatic heterocycles. The molecule has 0 N–H and O–H groups in total. The van der Waals surface area contributed by atoms with Crippen LogP contribution in [0, 0.1) is 12.7 Å². The first-order valence-corrected chi connectivity index (χ1v) is 9.91. The summed E-state index contributed by atoms with van der Waals surface area (Å²) in [5, 5.41) is 4.49. The minimum atomic E-state index is -0.417. The fraction of sp³-hybridized carbons (Fsp3) is 0.261. The topological polar surface area (TPSA) is 58.4 Å². The summed E-state index contributed by atoms with van der Waals surface area (Å²) in [6.45, 7) is 5.32. The van der Waals surface area contributed by atoms with Crippen LogP contribution in [-0.2, 0) is 0 Å². The van der Waals surface area contributed by atoms with E-state index in [1.807, 2.05) is 42.2 Å². The SMILES string of the molecule is CC(=O)c1ccc(N2CCN(C(=O)c3cc(C)n(-c4ccccc4)n3)CC2)c(F)c1. The second-order valence-electron chi connectivity index (χ2n) is 7.42. The van der Waals surface area contributed by atoms with Gasteiger partial charge in [-0.25, -0.2) is 9.07 Å². The van der Waals surface area contributed by atoms with Crippen LogP contribution in [0.15, 0.2) is 54.6 Å². The number of carbonyl (C=O) groups is 2. The number of benzene rings is 2. The summed E-state index contributed by atoms with van der Waals surface area (Å²) >= 11 is 0. The maximum absolute atomic E-state index is 14.4. The number of aryl methyl sites for hydroxylation is 1. The second kappa shape index (κ2) is 8.10. The normalized spacial score (nSPS) is 14.1. The van der Waals surface area contributed by atoms with Crippen molar-refractivity contribution < 1.29 is 14.0 Å². The van der Waals surface area contributed by atoms with Gasteiger partial charge in [0.15, 0.2) is 11.5 Å². The molecule has 7 heteroatoms. The summed E-state index contributed by atoms with van der Waals surface area (Å²) in [6, 6.07) is 16.0. The van der Waals surface area contributed by atoms with Crippen LogP contribution in [0.1, 0.15) is 33.5 Å². The first kappa shape index (κ1) is 19.8. The molecule has 4 rings (SSSR count). The van der Waals surface area contributed by atoms with Crippen LogP contribution in [0.5, 0.6) is 0 Å². The molecule has 154 valence electrons. The molecule has 1 aromatic heterocycles. The maximum atomic E-state index is 14.4. The molecule has 0 radical (unpaired) electrons. The Kier molecular flexibility index (Phi) is 5.35.